The van der Waals surface area contributed by atoms with E-state index in [9.17, 15) is 0 Å². The maximum Gasteiger partial charge on any atom is 0.0234 e. The second-order valence-corrected chi connectivity index (χ2v) is 6.69. The molecule has 1 aliphatic heterocycles. The third-order valence-corrected chi connectivity index (χ3v) is 4.25. The van der Waals surface area contributed by atoms with Gasteiger partial charge in [0.15, 0.2) is 0 Å². The molecule has 1 N–H and O–H groups in total. The summed E-state index contributed by atoms with van der Waals surface area (Å²) in [5, 5.41) is 3.76. The van der Waals surface area contributed by atoms with Gasteiger partial charge in [-0.3, -0.25) is 4.90 Å². The zero-order valence-corrected chi connectivity index (χ0v) is 13.3. The summed E-state index contributed by atoms with van der Waals surface area (Å²) in [4.78, 5) is 2.63. The maximum absolute atomic E-state index is 3.76. The average molecular weight is 274 g/mol. The number of piperidine rings is 1. The van der Waals surface area contributed by atoms with E-state index in [4.69, 9.17) is 0 Å². The van der Waals surface area contributed by atoms with Crippen LogP contribution in [0.15, 0.2) is 30.3 Å². The van der Waals surface area contributed by atoms with Crippen molar-refractivity contribution in [1.29, 1.82) is 0 Å². The predicted molar refractivity (Wildman–Crippen MR) is 86.7 cm³/mol. The van der Waals surface area contributed by atoms with Gasteiger partial charge in [0, 0.05) is 25.7 Å². The minimum absolute atomic E-state index is 0.666. The Balaban J connectivity index is 1.91. The molecule has 1 aromatic carbocycles. The lowest BCUT2D eigenvalue weighted by Gasteiger charge is -2.38. The van der Waals surface area contributed by atoms with Crippen molar-refractivity contribution < 1.29 is 0 Å². The van der Waals surface area contributed by atoms with Crippen LogP contribution in [-0.4, -0.2) is 30.6 Å². The molecule has 2 nitrogen and oxygen atoms in total. The number of likely N-dealkylation sites (tertiary alicyclic amines) is 1. The van der Waals surface area contributed by atoms with Crippen LogP contribution in [0.3, 0.4) is 0 Å². The summed E-state index contributed by atoms with van der Waals surface area (Å²) >= 11 is 0. The van der Waals surface area contributed by atoms with Crippen LogP contribution >= 0.6 is 0 Å². The highest BCUT2D eigenvalue weighted by Gasteiger charge is 2.25. The standard InChI is InChI=1S/C18H30N2/c1-4-16-10-18(19-11-15(2)3)14-20(12-16)13-17-8-6-5-7-9-17/h5-9,15-16,18-19H,4,10-14H2,1-3H3. The molecule has 1 heterocycles. The van der Waals surface area contributed by atoms with E-state index in [1.165, 1.54) is 31.5 Å². The van der Waals surface area contributed by atoms with Crippen molar-refractivity contribution in [2.75, 3.05) is 19.6 Å². The van der Waals surface area contributed by atoms with E-state index < -0.39 is 0 Å². The predicted octanol–water partition coefficient (Wildman–Crippen LogP) is 3.53. The van der Waals surface area contributed by atoms with Crippen LogP contribution in [0, 0.1) is 11.8 Å². The summed E-state index contributed by atoms with van der Waals surface area (Å²) in [6, 6.07) is 11.5. The molecule has 0 aromatic heterocycles. The van der Waals surface area contributed by atoms with Crippen molar-refractivity contribution in [3.63, 3.8) is 0 Å². The van der Waals surface area contributed by atoms with E-state index in [1.54, 1.807) is 0 Å². The first-order chi connectivity index (χ1) is 9.67. The molecule has 1 aromatic rings. The molecule has 2 atom stereocenters. The number of nitrogens with one attached hydrogen (secondary N) is 1. The molecular formula is C18H30N2. The molecule has 1 fully saturated rings. The van der Waals surface area contributed by atoms with Gasteiger partial charge >= 0.3 is 0 Å². The van der Waals surface area contributed by atoms with Crippen LogP contribution in [0.1, 0.15) is 39.2 Å². The van der Waals surface area contributed by atoms with Gasteiger partial charge in [-0.2, -0.15) is 0 Å². The summed E-state index contributed by atoms with van der Waals surface area (Å²) < 4.78 is 0. The van der Waals surface area contributed by atoms with Gasteiger partial charge in [0.2, 0.25) is 0 Å². The largest absolute Gasteiger partial charge is 0.312 e. The van der Waals surface area contributed by atoms with E-state index in [1.807, 2.05) is 0 Å². The van der Waals surface area contributed by atoms with Crippen LogP contribution in [0.4, 0.5) is 0 Å². The minimum Gasteiger partial charge on any atom is -0.312 e. The fraction of sp³-hybridized carbons (Fsp3) is 0.667. The van der Waals surface area contributed by atoms with Crippen LogP contribution in [0.5, 0.6) is 0 Å². The van der Waals surface area contributed by atoms with Crippen molar-refractivity contribution in [2.24, 2.45) is 11.8 Å². The molecule has 0 spiro atoms. The molecule has 112 valence electrons. The van der Waals surface area contributed by atoms with E-state index in [0.717, 1.165) is 24.9 Å². The van der Waals surface area contributed by atoms with Crippen LogP contribution in [-0.2, 0) is 6.54 Å². The van der Waals surface area contributed by atoms with Crippen molar-refractivity contribution in [1.82, 2.24) is 10.2 Å². The number of nitrogens with zero attached hydrogens (tertiary/aromatic N) is 1. The molecule has 1 saturated heterocycles. The van der Waals surface area contributed by atoms with Gasteiger partial charge in [-0.25, -0.2) is 0 Å². The van der Waals surface area contributed by atoms with E-state index >= 15 is 0 Å². The average Bonchev–Trinajstić information content (AvgIpc) is 2.46. The molecule has 2 rings (SSSR count). The maximum atomic E-state index is 3.76. The Labute approximate surface area is 124 Å². The quantitative estimate of drug-likeness (QED) is 0.853. The molecule has 0 bridgehead atoms. The normalized spacial score (nSPS) is 24.2. The van der Waals surface area contributed by atoms with Crippen LogP contribution < -0.4 is 5.32 Å². The molecule has 1 aliphatic rings. The van der Waals surface area contributed by atoms with E-state index in [0.29, 0.717) is 6.04 Å². The molecular weight excluding hydrogens is 244 g/mol. The van der Waals surface area contributed by atoms with Gasteiger partial charge in [0.05, 0.1) is 0 Å². The van der Waals surface area contributed by atoms with Crippen LogP contribution in [0.25, 0.3) is 0 Å². The Hall–Kier alpha value is -0.860. The second-order valence-electron chi connectivity index (χ2n) is 6.69. The van der Waals surface area contributed by atoms with Gasteiger partial charge in [-0.15, -0.1) is 0 Å². The first-order valence-electron chi connectivity index (χ1n) is 8.17. The third kappa shape index (κ3) is 4.92. The topological polar surface area (TPSA) is 15.3 Å². The zero-order chi connectivity index (χ0) is 14.4. The Kier molecular flexibility index (Phi) is 6.06. The van der Waals surface area contributed by atoms with E-state index in [-0.39, 0.29) is 0 Å². The lowest BCUT2D eigenvalue weighted by atomic mass is 9.91. The fourth-order valence-electron chi connectivity index (χ4n) is 3.12. The van der Waals surface area contributed by atoms with Crippen molar-refractivity contribution in [3.05, 3.63) is 35.9 Å². The monoisotopic (exact) mass is 274 g/mol. The highest BCUT2D eigenvalue weighted by Crippen LogP contribution is 2.21. The molecule has 2 heteroatoms. The summed E-state index contributed by atoms with van der Waals surface area (Å²) in [7, 11) is 0. The molecule has 0 radical (unpaired) electrons. The lowest BCUT2D eigenvalue weighted by Crippen LogP contribution is -2.49. The minimum atomic E-state index is 0.666. The first kappa shape index (κ1) is 15.5. The third-order valence-electron chi connectivity index (χ3n) is 4.25. The van der Waals surface area contributed by atoms with Gasteiger partial charge in [-0.05, 0) is 30.4 Å². The van der Waals surface area contributed by atoms with Gasteiger partial charge in [0.25, 0.3) is 0 Å². The zero-order valence-electron chi connectivity index (χ0n) is 13.3. The van der Waals surface area contributed by atoms with E-state index in [2.05, 4.69) is 61.3 Å². The second kappa shape index (κ2) is 7.80. The van der Waals surface area contributed by atoms with Crippen molar-refractivity contribution in [3.8, 4) is 0 Å². The number of rotatable bonds is 6. The first-order valence-corrected chi connectivity index (χ1v) is 8.17. The van der Waals surface area contributed by atoms with Gasteiger partial charge in [-0.1, -0.05) is 57.5 Å². The summed E-state index contributed by atoms with van der Waals surface area (Å²) in [6.45, 7) is 11.6. The lowest BCUT2D eigenvalue weighted by molar-refractivity contribution is 0.130. The number of hydrogen-bond acceptors (Lipinski definition) is 2. The van der Waals surface area contributed by atoms with Crippen LogP contribution in [0.2, 0.25) is 0 Å². The molecule has 0 amide bonds. The molecule has 2 unspecified atom stereocenters. The summed E-state index contributed by atoms with van der Waals surface area (Å²) in [5.74, 6) is 1.58. The molecule has 20 heavy (non-hydrogen) atoms. The van der Waals surface area contributed by atoms with Gasteiger partial charge in [0.1, 0.15) is 0 Å². The Morgan fingerprint density at radius 3 is 2.60 bits per heavy atom. The molecule has 0 aliphatic carbocycles. The highest BCUT2D eigenvalue weighted by atomic mass is 15.2. The van der Waals surface area contributed by atoms with Gasteiger partial charge < -0.3 is 5.32 Å². The number of hydrogen-bond donors (Lipinski definition) is 1. The Bertz CT molecular complexity index is 374. The smallest absolute Gasteiger partial charge is 0.0234 e. The van der Waals surface area contributed by atoms with Crippen molar-refractivity contribution in [2.45, 2.75) is 46.2 Å². The summed E-state index contributed by atoms with van der Waals surface area (Å²) in [5.41, 5.74) is 1.44. The SMILES string of the molecule is CCC1CC(NCC(C)C)CN(Cc2ccccc2)C1. The van der Waals surface area contributed by atoms with Crippen molar-refractivity contribution >= 4 is 0 Å². The number of benzene rings is 1. The Morgan fingerprint density at radius 2 is 1.95 bits per heavy atom. The summed E-state index contributed by atoms with van der Waals surface area (Å²) in [6.07, 6.45) is 2.64. The fourth-order valence-corrected chi connectivity index (χ4v) is 3.12. The highest BCUT2D eigenvalue weighted by molar-refractivity contribution is 5.14. The Morgan fingerprint density at radius 1 is 1.20 bits per heavy atom. The molecule has 0 saturated carbocycles.